The largest absolute Gasteiger partial charge is 0.573 e. The zero-order valence-electron chi connectivity index (χ0n) is 18.9. The molecule has 35 heavy (non-hydrogen) atoms. The molecule has 180 valence electrons. The highest BCUT2D eigenvalue weighted by Gasteiger charge is 2.31. The lowest BCUT2D eigenvalue weighted by Gasteiger charge is -2.12. The number of anilines is 1. The van der Waals surface area contributed by atoms with E-state index in [4.69, 9.17) is 9.72 Å². The first kappa shape index (κ1) is 24.2. The molecular weight excluding hydrogens is 457 g/mol. The monoisotopic (exact) mass is 480 g/mol. The van der Waals surface area contributed by atoms with E-state index < -0.39 is 6.36 Å². The van der Waals surface area contributed by atoms with E-state index in [1.807, 2.05) is 42.5 Å². The van der Waals surface area contributed by atoms with Crippen molar-refractivity contribution in [2.75, 3.05) is 25.6 Å². The lowest BCUT2D eigenvalue weighted by molar-refractivity contribution is -0.274. The average Bonchev–Trinajstić information content (AvgIpc) is 2.87. The summed E-state index contributed by atoms with van der Waals surface area (Å²) in [5.74, 6) is 0.957. The zero-order chi connectivity index (χ0) is 24.7. The third kappa shape index (κ3) is 6.77. The number of ether oxygens (including phenoxy) is 2. The zero-order valence-corrected chi connectivity index (χ0v) is 18.9. The van der Waals surface area contributed by atoms with Crippen LogP contribution < -0.4 is 10.1 Å². The molecule has 0 aliphatic carbocycles. The molecule has 0 fully saturated rings. The molecule has 0 saturated heterocycles. The minimum atomic E-state index is -4.73. The second kappa shape index (κ2) is 11.0. The van der Waals surface area contributed by atoms with Crippen molar-refractivity contribution in [1.29, 1.82) is 0 Å². The van der Waals surface area contributed by atoms with Gasteiger partial charge in [0.25, 0.3) is 0 Å². The fourth-order valence-corrected chi connectivity index (χ4v) is 3.42. The standard InChI is InChI=1S/C26H23F3N4O2/c1-34-13-5-12-31-24-15-23(32-25(33-24)19-6-3-2-4-7-19)21-14-20(16-30-17-21)18-8-10-22(11-9-18)35-26(27,28)29/h2-4,6-11,14-17H,5,12-13H2,1H3,(H,31,32,33). The highest BCUT2D eigenvalue weighted by Crippen LogP contribution is 2.30. The van der Waals surface area contributed by atoms with Gasteiger partial charge in [0, 0.05) is 55.4 Å². The van der Waals surface area contributed by atoms with Gasteiger partial charge >= 0.3 is 6.36 Å². The van der Waals surface area contributed by atoms with E-state index in [1.54, 1.807) is 31.6 Å². The maximum atomic E-state index is 12.5. The van der Waals surface area contributed by atoms with Crippen molar-refractivity contribution in [2.24, 2.45) is 0 Å². The second-order valence-corrected chi connectivity index (χ2v) is 7.64. The third-order valence-corrected chi connectivity index (χ3v) is 5.04. The van der Waals surface area contributed by atoms with Crippen LogP contribution in [0.3, 0.4) is 0 Å². The lowest BCUT2D eigenvalue weighted by Crippen LogP contribution is -2.16. The molecule has 1 N–H and O–H groups in total. The van der Waals surface area contributed by atoms with Crippen molar-refractivity contribution in [3.05, 3.63) is 79.1 Å². The number of nitrogens with one attached hydrogen (secondary N) is 1. The van der Waals surface area contributed by atoms with Crippen molar-refractivity contribution in [1.82, 2.24) is 15.0 Å². The number of halogens is 3. The summed E-state index contributed by atoms with van der Waals surface area (Å²) in [6.45, 7) is 1.32. The van der Waals surface area contributed by atoms with Gasteiger partial charge in [0.2, 0.25) is 0 Å². The van der Waals surface area contributed by atoms with Crippen molar-refractivity contribution in [3.8, 4) is 39.5 Å². The predicted octanol–water partition coefficient (Wildman–Crippen LogP) is 6.22. The molecule has 2 aromatic heterocycles. The van der Waals surface area contributed by atoms with Gasteiger partial charge in [-0.2, -0.15) is 0 Å². The molecule has 0 bridgehead atoms. The van der Waals surface area contributed by atoms with Gasteiger partial charge in [-0.3, -0.25) is 4.98 Å². The van der Waals surface area contributed by atoms with E-state index in [9.17, 15) is 13.2 Å². The van der Waals surface area contributed by atoms with Crippen LogP contribution in [0.15, 0.2) is 79.1 Å². The van der Waals surface area contributed by atoms with Gasteiger partial charge < -0.3 is 14.8 Å². The molecule has 9 heteroatoms. The molecule has 2 aromatic carbocycles. The Labute approximate surface area is 200 Å². The predicted molar refractivity (Wildman–Crippen MR) is 128 cm³/mol. The van der Waals surface area contributed by atoms with Crippen LogP contribution in [0.25, 0.3) is 33.8 Å². The molecule has 0 atom stereocenters. The van der Waals surface area contributed by atoms with Gasteiger partial charge in [-0.1, -0.05) is 42.5 Å². The number of rotatable bonds is 9. The number of alkyl halides is 3. The van der Waals surface area contributed by atoms with Crippen LogP contribution in [-0.4, -0.2) is 41.6 Å². The van der Waals surface area contributed by atoms with Crippen LogP contribution >= 0.6 is 0 Å². The number of pyridine rings is 1. The van der Waals surface area contributed by atoms with E-state index >= 15 is 0 Å². The molecule has 0 saturated carbocycles. The SMILES string of the molecule is COCCCNc1cc(-c2cncc(-c3ccc(OC(F)(F)F)cc3)c2)nc(-c2ccccc2)n1. The summed E-state index contributed by atoms with van der Waals surface area (Å²) >= 11 is 0. The minimum Gasteiger partial charge on any atom is -0.406 e. The summed E-state index contributed by atoms with van der Waals surface area (Å²) in [5, 5.41) is 3.31. The van der Waals surface area contributed by atoms with Gasteiger partial charge in [-0.25, -0.2) is 9.97 Å². The first-order chi connectivity index (χ1) is 16.9. The fraction of sp³-hybridized carbons (Fsp3) is 0.192. The Balaban J connectivity index is 1.65. The van der Waals surface area contributed by atoms with E-state index in [0.717, 1.165) is 23.1 Å². The van der Waals surface area contributed by atoms with E-state index in [0.29, 0.717) is 36.1 Å². The second-order valence-electron chi connectivity index (χ2n) is 7.64. The Hall–Kier alpha value is -3.98. The van der Waals surface area contributed by atoms with Crippen LogP contribution in [0.4, 0.5) is 19.0 Å². The molecule has 0 aliphatic rings. The van der Waals surface area contributed by atoms with Crippen LogP contribution in [0.1, 0.15) is 6.42 Å². The van der Waals surface area contributed by atoms with Crippen LogP contribution in [0.5, 0.6) is 5.75 Å². The van der Waals surface area contributed by atoms with E-state index in [2.05, 4.69) is 20.0 Å². The summed E-state index contributed by atoms with van der Waals surface area (Å²) in [4.78, 5) is 13.7. The Morgan fingerprint density at radius 2 is 1.57 bits per heavy atom. The Morgan fingerprint density at radius 3 is 2.29 bits per heavy atom. The quantitative estimate of drug-likeness (QED) is 0.287. The normalized spacial score (nSPS) is 11.3. The highest BCUT2D eigenvalue weighted by atomic mass is 19.4. The van der Waals surface area contributed by atoms with Gasteiger partial charge in [0.15, 0.2) is 5.82 Å². The summed E-state index contributed by atoms with van der Waals surface area (Å²) < 4.78 is 46.4. The summed E-state index contributed by atoms with van der Waals surface area (Å²) in [6, 6.07) is 19.0. The van der Waals surface area contributed by atoms with Crippen molar-refractivity contribution in [3.63, 3.8) is 0 Å². The fourth-order valence-electron chi connectivity index (χ4n) is 3.42. The van der Waals surface area contributed by atoms with Crippen LogP contribution in [0, 0.1) is 0 Å². The molecule has 4 aromatic rings. The number of benzene rings is 2. The average molecular weight is 480 g/mol. The van der Waals surface area contributed by atoms with Crippen molar-refractivity contribution < 1.29 is 22.6 Å². The molecule has 0 spiro atoms. The summed E-state index contributed by atoms with van der Waals surface area (Å²) in [7, 11) is 1.66. The van der Waals surface area contributed by atoms with Crippen LogP contribution in [0.2, 0.25) is 0 Å². The summed E-state index contributed by atoms with van der Waals surface area (Å²) in [5.41, 5.74) is 3.72. The Kier molecular flexibility index (Phi) is 7.57. The van der Waals surface area contributed by atoms with E-state index in [1.165, 1.54) is 12.1 Å². The molecule has 0 unspecified atom stereocenters. The number of hydrogen-bond acceptors (Lipinski definition) is 6. The van der Waals surface area contributed by atoms with E-state index in [-0.39, 0.29) is 5.75 Å². The number of aromatic nitrogens is 3. The number of hydrogen-bond donors (Lipinski definition) is 1. The van der Waals surface area contributed by atoms with Crippen molar-refractivity contribution >= 4 is 5.82 Å². The van der Waals surface area contributed by atoms with Gasteiger partial charge in [0.1, 0.15) is 11.6 Å². The first-order valence-electron chi connectivity index (χ1n) is 10.9. The maximum Gasteiger partial charge on any atom is 0.573 e. The van der Waals surface area contributed by atoms with Gasteiger partial charge in [-0.15, -0.1) is 13.2 Å². The Bertz CT molecular complexity index is 1250. The third-order valence-electron chi connectivity index (χ3n) is 5.04. The highest BCUT2D eigenvalue weighted by molar-refractivity contribution is 5.73. The Morgan fingerprint density at radius 1 is 0.829 bits per heavy atom. The summed E-state index contributed by atoms with van der Waals surface area (Å²) in [6.07, 6.45) is -0.577. The van der Waals surface area contributed by atoms with Crippen molar-refractivity contribution in [2.45, 2.75) is 12.8 Å². The first-order valence-corrected chi connectivity index (χ1v) is 10.9. The van der Waals surface area contributed by atoms with Crippen LogP contribution in [-0.2, 0) is 4.74 Å². The molecule has 0 amide bonds. The molecule has 0 radical (unpaired) electrons. The molecule has 6 nitrogen and oxygen atoms in total. The molecule has 2 heterocycles. The maximum absolute atomic E-state index is 12.5. The smallest absolute Gasteiger partial charge is 0.406 e. The van der Waals surface area contributed by atoms with Gasteiger partial charge in [0.05, 0.1) is 5.69 Å². The molecular formula is C26H23F3N4O2. The van der Waals surface area contributed by atoms with Gasteiger partial charge in [-0.05, 0) is 30.2 Å². The minimum absolute atomic E-state index is 0.280. The number of nitrogens with zero attached hydrogens (tertiary/aromatic N) is 3. The number of methoxy groups -OCH3 is 1. The molecule has 0 aliphatic heterocycles. The lowest BCUT2D eigenvalue weighted by atomic mass is 10.0. The topological polar surface area (TPSA) is 69.2 Å². The molecule has 4 rings (SSSR count).